The smallest absolute Gasteiger partial charge is 0.0919 e. The molecule has 94 valence electrons. The molecule has 0 aliphatic heterocycles. The van der Waals surface area contributed by atoms with Crippen molar-refractivity contribution in [2.45, 2.75) is 58.0 Å². The number of aliphatic hydroxyl groups is 1. The summed E-state index contributed by atoms with van der Waals surface area (Å²) in [6.45, 7) is 6.31. The normalized spacial score (nSPS) is 20.1. The first-order valence-corrected chi connectivity index (χ1v) is 6.91. The van der Waals surface area contributed by atoms with Crippen molar-refractivity contribution in [2.24, 2.45) is 5.92 Å². The fourth-order valence-electron chi connectivity index (χ4n) is 2.88. The van der Waals surface area contributed by atoms with E-state index in [2.05, 4.69) is 45.0 Å². The zero-order valence-corrected chi connectivity index (χ0v) is 11.2. The summed E-state index contributed by atoms with van der Waals surface area (Å²) in [6, 6.07) is 8.49. The largest absolute Gasteiger partial charge is 0.385 e. The van der Waals surface area contributed by atoms with E-state index in [1.165, 1.54) is 30.4 Å². The van der Waals surface area contributed by atoms with E-state index < -0.39 is 5.60 Å². The van der Waals surface area contributed by atoms with Crippen LogP contribution in [-0.4, -0.2) is 5.11 Å². The van der Waals surface area contributed by atoms with Crippen molar-refractivity contribution in [3.8, 4) is 0 Å². The lowest BCUT2D eigenvalue weighted by Gasteiger charge is -2.37. The minimum Gasteiger partial charge on any atom is -0.385 e. The lowest BCUT2D eigenvalue weighted by atomic mass is 9.72. The van der Waals surface area contributed by atoms with E-state index in [0.717, 1.165) is 6.42 Å². The number of rotatable bonds is 4. The molecule has 1 heteroatoms. The van der Waals surface area contributed by atoms with Gasteiger partial charge < -0.3 is 5.11 Å². The Hall–Kier alpha value is -0.820. The Morgan fingerprint density at radius 1 is 1.29 bits per heavy atom. The lowest BCUT2D eigenvalue weighted by Crippen LogP contribution is -2.33. The highest BCUT2D eigenvalue weighted by molar-refractivity contribution is 5.36. The van der Waals surface area contributed by atoms with Crippen LogP contribution >= 0.6 is 0 Å². The van der Waals surface area contributed by atoms with Crippen molar-refractivity contribution in [1.29, 1.82) is 0 Å². The highest BCUT2D eigenvalue weighted by Crippen LogP contribution is 2.43. The second-order valence-electron chi connectivity index (χ2n) is 5.65. The molecule has 0 heterocycles. The molecule has 1 N–H and O–H groups in total. The summed E-state index contributed by atoms with van der Waals surface area (Å²) >= 11 is 0. The van der Waals surface area contributed by atoms with E-state index in [1.54, 1.807) is 0 Å². The molecule has 1 fully saturated rings. The molecule has 0 aromatic heterocycles. The zero-order valence-electron chi connectivity index (χ0n) is 11.2. The standard InChI is InChI=1S/C16H24O/c1-4-16(17,12(2)3)15-11-6-5-10-14(15)13-8-7-9-13/h5-6,10-13,17H,4,7-9H2,1-3H3. The molecule has 17 heavy (non-hydrogen) atoms. The molecule has 0 spiro atoms. The molecule has 1 aliphatic carbocycles. The summed E-state index contributed by atoms with van der Waals surface area (Å²) < 4.78 is 0. The van der Waals surface area contributed by atoms with Gasteiger partial charge in [0.15, 0.2) is 0 Å². The highest BCUT2D eigenvalue weighted by atomic mass is 16.3. The van der Waals surface area contributed by atoms with Crippen LogP contribution in [-0.2, 0) is 5.60 Å². The van der Waals surface area contributed by atoms with E-state index in [0.29, 0.717) is 5.92 Å². The van der Waals surface area contributed by atoms with Gasteiger partial charge in [0.05, 0.1) is 5.60 Å². The van der Waals surface area contributed by atoms with Gasteiger partial charge in [0.2, 0.25) is 0 Å². The van der Waals surface area contributed by atoms with E-state index in [1.807, 2.05) is 0 Å². The van der Waals surface area contributed by atoms with Crippen LogP contribution in [0.5, 0.6) is 0 Å². The number of hydrogen-bond acceptors (Lipinski definition) is 1. The summed E-state index contributed by atoms with van der Waals surface area (Å²) in [5, 5.41) is 10.9. The van der Waals surface area contributed by atoms with Gasteiger partial charge in [-0.25, -0.2) is 0 Å². The molecule has 1 aromatic carbocycles. The highest BCUT2D eigenvalue weighted by Gasteiger charge is 2.35. The quantitative estimate of drug-likeness (QED) is 0.824. The minimum absolute atomic E-state index is 0.258. The van der Waals surface area contributed by atoms with E-state index in [9.17, 15) is 5.11 Å². The van der Waals surface area contributed by atoms with E-state index in [4.69, 9.17) is 0 Å². The molecule has 1 aliphatic rings. The van der Waals surface area contributed by atoms with Crippen molar-refractivity contribution >= 4 is 0 Å². The molecule has 1 saturated carbocycles. The summed E-state index contributed by atoms with van der Waals surface area (Å²) in [7, 11) is 0. The lowest BCUT2D eigenvalue weighted by molar-refractivity contribution is -0.0154. The minimum atomic E-state index is -0.661. The van der Waals surface area contributed by atoms with Gasteiger partial charge in [0.25, 0.3) is 0 Å². The summed E-state index contributed by atoms with van der Waals surface area (Å²) in [6.07, 6.45) is 4.70. The van der Waals surface area contributed by atoms with Crippen LogP contribution in [0.15, 0.2) is 24.3 Å². The number of hydrogen-bond donors (Lipinski definition) is 1. The van der Waals surface area contributed by atoms with Gasteiger partial charge in [-0.2, -0.15) is 0 Å². The Labute approximate surface area is 105 Å². The Bertz CT molecular complexity index is 379. The van der Waals surface area contributed by atoms with Crippen LogP contribution in [0.4, 0.5) is 0 Å². The van der Waals surface area contributed by atoms with Crippen molar-refractivity contribution < 1.29 is 5.11 Å². The molecule has 1 atom stereocenters. The Morgan fingerprint density at radius 3 is 2.41 bits per heavy atom. The first-order valence-electron chi connectivity index (χ1n) is 6.91. The fourth-order valence-corrected chi connectivity index (χ4v) is 2.88. The third kappa shape index (κ3) is 2.13. The van der Waals surface area contributed by atoms with Gasteiger partial charge in [-0.05, 0) is 42.2 Å². The monoisotopic (exact) mass is 232 g/mol. The summed E-state index contributed by atoms with van der Waals surface area (Å²) in [5.41, 5.74) is 1.89. The second-order valence-corrected chi connectivity index (χ2v) is 5.65. The maximum atomic E-state index is 10.9. The van der Waals surface area contributed by atoms with E-state index in [-0.39, 0.29) is 5.92 Å². The van der Waals surface area contributed by atoms with Gasteiger partial charge >= 0.3 is 0 Å². The first-order chi connectivity index (χ1) is 8.09. The second kappa shape index (κ2) is 4.81. The zero-order chi connectivity index (χ0) is 12.5. The fraction of sp³-hybridized carbons (Fsp3) is 0.625. The maximum absolute atomic E-state index is 10.9. The van der Waals surface area contributed by atoms with Gasteiger partial charge in [-0.3, -0.25) is 0 Å². The van der Waals surface area contributed by atoms with E-state index >= 15 is 0 Å². The van der Waals surface area contributed by atoms with Crippen LogP contribution in [0.1, 0.15) is 63.5 Å². The maximum Gasteiger partial charge on any atom is 0.0919 e. The molecule has 2 rings (SSSR count). The molecular weight excluding hydrogens is 208 g/mol. The predicted octanol–water partition coefficient (Wildman–Crippen LogP) is 4.21. The number of benzene rings is 1. The third-order valence-electron chi connectivity index (χ3n) is 4.47. The van der Waals surface area contributed by atoms with Crippen molar-refractivity contribution in [2.75, 3.05) is 0 Å². The topological polar surface area (TPSA) is 20.2 Å². The van der Waals surface area contributed by atoms with Crippen LogP contribution in [0, 0.1) is 5.92 Å². The average molecular weight is 232 g/mol. The van der Waals surface area contributed by atoms with Crippen LogP contribution in [0.3, 0.4) is 0 Å². The first kappa shape index (κ1) is 12.6. The molecular formula is C16H24O. The molecule has 1 aromatic rings. The Kier molecular flexibility index (Phi) is 3.58. The molecule has 1 unspecified atom stereocenters. The van der Waals surface area contributed by atoms with Gasteiger partial charge in [0, 0.05) is 0 Å². The van der Waals surface area contributed by atoms with Gasteiger partial charge in [0.1, 0.15) is 0 Å². The van der Waals surface area contributed by atoms with Crippen LogP contribution in [0.25, 0.3) is 0 Å². The molecule has 0 amide bonds. The molecule has 0 radical (unpaired) electrons. The van der Waals surface area contributed by atoms with Crippen molar-refractivity contribution in [3.63, 3.8) is 0 Å². The van der Waals surface area contributed by atoms with Crippen LogP contribution < -0.4 is 0 Å². The SMILES string of the molecule is CCC(O)(c1ccccc1C1CCC1)C(C)C. The third-order valence-corrected chi connectivity index (χ3v) is 4.47. The van der Waals surface area contributed by atoms with Crippen molar-refractivity contribution in [3.05, 3.63) is 35.4 Å². The average Bonchev–Trinajstić information content (AvgIpc) is 2.26. The van der Waals surface area contributed by atoms with Crippen LogP contribution in [0.2, 0.25) is 0 Å². The van der Waals surface area contributed by atoms with Crippen molar-refractivity contribution in [1.82, 2.24) is 0 Å². The molecule has 0 bridgehead atoms. The Morgan fingerprint density at radius 2 is 1.94 bits per heavy atom. The molecule has 1 nitrogen and oxygen atoms in total. The Balaban J connectivity index is 2.42. The van der Waals surface area contributed by atoms with Gasteiger partial charge in [-0.15, -0.1) is 0 Å². The van der Waals surface area contributed by atoms with Gasteiger partial charge in [-0.1, -0.05) is 51.5 Å². The predicted molar refractivity (Wildman–Crippen MR) is 72.1 cm³/mol. The summed E-state index contributed by atoms with van der Waals surface area (Å²) in [4.78, 5) is 0. The summed E-state index contributed by atoms with van der Waals surface area (Å²) in [5.74, 6) is 0.941. The molecule has 0 saturated heterocycles.